The van der Waals surface area contributed by atoms with Crippen molar-refractivity contribution in [3.63, 3.8) is 0 Å². The zero-order chi connectivity index (χ0) is 17.9. The summed E-state index contributed by atoms with van der Waals surface area (Å²) in [5.74, 6) is -0.0810. The van der Waals surface area contributed by atoms with Crippen molar-refractivity contribution >= 4 is 23.2 Å². The Morgan fingerprint density at radius 1 is 1.40 bits per heavy atom. The van der Waals surface area contributed by atoms with Crippen LogP contribution in [0.3, 0.4) is 0 Å². The molecule has 2 aliphatic rings. The van der Waals surface area contributed by atoms with Gasteiger partial charge in [0.2, 0.25) is 11.8 Å². The number of carbonyl (C=O) groups excluding carboxylic acids is 2. The molecule has 0 bridgehead atoms. The number of nitrogens with zero attached hydrogens (tertiary/aromatic N) is 1. The molecular formula is C19H28N2O3S. The smallest absolute Gasteiger partial charge is 0.245 e. The van der Waals surface area contributed by atoms with Gasteiger partial charge in [0, 0.05) is 10.9 Å². The van der Waals surface area contributed by atoms with E-state index in [1.807, 2.05) is 31.4 Å². The summed E-state index contributed by atoms with van der Waals surface area (Å²) in [4.78, 5) is 28.7. The van der Waals surface area contributed by atoms with E-state index in [9.17, 15) is 9.59 Å². The maximum Gasteiger partial charge on any atom is 0.245 e. The summed E-state index contributed by atoms with van der Waals surface area (Å²) in [5, 5.41) is 5.01. The Labute approximate surface area is 153 Å². The second-order valence-corrected chi connectivity index (χ2v) is 8.20. The van der Waals surface area contributed by atoms with Crippen LogP contribution in [0.15, 0.2) is 17.5 Å². The molecule has 1 aromatic heterocycles. The standard InChI is InChI=1S/C19H28N2O3S/c1-3-14(2)20-18(23)16-13-24-19(9-5-4-6-10-19)21(16)17(22)12-15-8-7-11-25-15/h7-8,11,14,16H,3-6,9-10,12-13H2,1-2H3,(H,20,23)/t14-,16-/m0/s1. The molecule has 0 radical (unpaired) electrons. The Morgan fingerprint density at radius 2 is 2.16 bits per heavy atom. The Kier molecular flexibility index (Phi) is 5.79. The van der Waals surface area contributed by atoms with Gasteiger partial charge in [-0.25, -0.2) is 0 Å². The van der Waals surface area contributed by atoms with Gasteiger partial charge in [0.15, 0.2) is 0 Å². The molecule has 0 aromatic carbocycles. The molecule has 2 amide bonds. The summed E-state index contributed by atoms with van der Waals surface area (Å²) in [6.07, 6.45) is 6.13. The highest BCUT2D eigenvalue weighted by atomic mass is 32.1. The van der Waals surface area contributed by atoms with Crippen molar-refractivity contribution in [2.75, 3.05) is 6.61 Å². The first-order valence-corrected chi connectivity index (χ1v) is 10.2. The summed E-state index contributed by atoms with van der Waals surface area (Å²) >= 11 is 1.58. The molecule has 2 fully saturated rings. The second kappa shape index (κ2) is 7.87. The van der Waals surface area contributed by atoms with Gasteiger partial charge in [0.25, 0.3) is 0 Å². The summed E-state index contributed by atoms with van der Waals surface area (Å²) in [6.45, 7) is 4.33. The topological polar surface area (TPSA) is 58.6 Å². The maximum atomic E-state index is 13.1. The number of rotatable bonds is 5. The minimum atomic E-state index is -0.579. The zero-order valence-electron chi connectivity index (χ0n) is 15.1. The molecule has 25 heavy (non-hydrogen) atoms. The number of ether oxygens (including phenoxy) is 1. The number of amides is 2. The van der Waals surface area contributed by atoms with E-state index in [0.29, 0.717) is 13.0 Å². The SMILES string of the molecule is CC[C@H](C)NC(=O)[C@@H]1COC2(CCCCC2)N1C(=O)Cc1cccs1. The van der Waals surface area contributed by atoms with Gasteiger partial charge in [-0.1, -0.05) is 19.4 Å². The highest BCUT2D eigenvalue weighted by molar-refractivity contribution is 7.10. The Bertz CT molecular complexity index is 596. The lowest BCUT2D eigenvalue weighted by atomic mass is 9.90. The average molecular weight is 365 g/mol. The van der Waals surface area contributed by atoms with E-state index in [1.165, 1.54) is 6.42 Å². The molecule has 6 heteroatoms. The van der Waals surface area contributed by atoms with E-state index in [2.05, 4.69) is 5.32 Å². The molecule has 1 N–H and O–H groups in total. The number of nitrogens with one attached hydrogen (secondary N) is 1. The molecule has 0 unspecified atom stereocenters. The van der Waals surface area contributed by atoms with E-state index >= 15 is 0 Å². The van der Waals surface area contributed by atoms with Crippen molar-refractivity contribution in [1.82, 2.24) is 10.2 Å². The molecule has 2 heterocycles. The highest BCUT2D eigenvalue weighted by Gasteiger charge is 2.52. The van der Waals surface area contributed by atoms with Crippen molar-refractivity contribution in [3.05, 3.63) is 22.4 Å². The third-order valence-corrected chi connectivity index (χ3v) is 6.25. The van der Waals surface area contributed by atoms with E-state index in [0.717, 1.165) is 37.0 Å². The summed E-state index contributed by atoms with van der Waals surface area (Å²) < 4.78 is 6.13. The molecule has 5 nitrogen and oxygen atoms in total. The zero-order valence-corrected chi connectivity index (χ0v) is 15.9. The molecule has 1 aromatic rings. The number of hydrogen-bond donors (Lipinski definition) is 1. The molecule has 1 saturated heterocycles. The lowest BCUT2D eigenvalue weighted by molar-refractivity contribution is -0.159. The van der Waals surface area contributed by atoms with Crippen LogP contribution < -0.4 is 5.32 Å². The number of carbonyl (C=O) groups is 2. The third-order valence-electron chi connectivity index (χ3n) is 5.37. The van der Waals surface area contributed by atoms with Gasteiger partial charge in [-0.05, 0) is 50.5 Å². The Balaban J connectivity index is 1.81. The predicted octanol–water partition coefficient (Wildman–Crippen LogP) is 3.09. The molecule has 138 valence electrons. The van der Waals surface area contributed by atoms with Gasteiger partial charge in [0.1, 0.15) is 11.8 Å². The number of thiophene rings is 1. The van der Waals surface area contributed by atoms with E-state index in [4.69, 9.17) is 4.74 Å². The van der Waals surface area contributed by atoms with Crippen LogP contribution in [0.25, 0.3) is 0 Å². The normalized spacial score (nSPS) is 23.6. The third kappa shape index (κ3) is 3.90. The van der Waals surface area contributed by atoms with Crippen molar-refractivity contribution in [3.8, 4) is 0 Å². The number of hydrogen-bond acceptors (Lipinski definition) is 4. The summed E-state index contributed by atoms with van der Waals surface area (Å²) in [7, 11) is 0. The lowest BCUT2D eigenvalue weighted by Crippen LogP contribution is -2.57. The molecule has 1 spiro atoms. The monoisotopic (exact) mass is 364 g/mol. The lowest BCUT2D eigenvalue weighted by Gasteiger charge is -2.41. The van der Waals surface area contributed by atoms with Crippen LogP contribution in [0, 0.1) is 0 Å². The van der Waals surface area contributed by atoms with E-state index < -0.39 is 11.8 Å². The molecule has 1 aliphatic heterocycles. The quantitative estimate of drug-likeness (QED) is 0.873. The maximum absolute atomic E-state index is 13.1. The van der Waals surface area contributed by atoms with Crippen molar-refractivity contribution in [2.45, 2.75) is 76.6 Å². The van der Waals surface area contributed by atoms with Crippen LogP contribution in [0.4, 0.5) is 0 Å². The van der Waals surface area contributed by atoms with Crippen molar-refractivity contribution in [1.29, 1.82) is 0 Å². The summed E-state index contributed by atoms with van der Waals surface area (Å²) in [5.41, 5.74) is -0.579. The second-order valence-electron chi connectivity index (χ2n) is 7.17. The van der Waals surface area contributed by atoms with Crippen LogP contribution >= 0.6 is 11.3 Å². The summed E-state index contributed by atoms with van der Waals surface area (Å²) in [6, 6.07) is 3.52. The minimum Gasteiger partial charge on any atom is -0.353 e. The van der Waals surface area contributed by atoms with Crippen molar-refractivity contribution < 1.29 is 14.3 Å². The fourth-order valence-electron chi connectivity index (χ4n) is 3.83. The van der Waals surface area contributed by atoms with Crippen LogP contribution in [-0.2, 0) is 20.7 Å². The van der Waals surface area contributed by atoms with Gasteiger partial charge in [-0.3, -0.25) is 14.5 Å². The fraction of sp³-hybridized carbons (Fsp3) is 0.684. The molecule has 3 rings (SSSR count). The largest absolute Gasteiger partial charge is 0.353 e. The van der Waals surface area contributed by atoms with E-state index in [1.54, 1.807) is 16.2 Å². The van der Waals surface area contributed by atoms with Gasteiger partial charge >= 0.3 is 0 Å². The first-order chi connectivity index (χ1) is 12.1. The minimum absolute atomic E-state index is 0.00570. The van der Waals surface area contributed by atoms with Gasteiger partial charge < -0.3 is 10.1 Å². The average Bonchev–Trinajstić information content (AvgIpc) is 3.23. The van der Waals surface area contributed by atoms with Crippen LogP contribution in [0.2, 0.25) is 0 Å². The first kappa shape index (κ1) is 18.4. The highest BCUT2D eigenvalue weighted by Crippen LogP contribution is 2.41. The molecular weight excluding hydrogens is 336 g/mol. The molecule has 1 aliphatic carbocycles. The Hall–Kier alpha value is -1.40. The van der Waals surface area contributed by atoms with Crippen LogP contribution in [0.1, 0.15) is 57.2 Å². The van der Waals surface area contributed by atoms with Gasteiger partial charge in [-0.2, -0.15) is 0 Å². The van der Waals surface area contributed by atoms with Gasteiger partial charge in [0.05, 0.1) is 13.0 Å². The predicted molar refractivity (Wildman–Crippen MR) is 98.3 cm³/mol. The first-order valence-electron chi connectivity index (χ1n) is 9.34. The Morgan fingerprint density at radius 3 is 2.80 bits per heavy atom. The van der Waals surface area contributed by atoms with Gasteiger partial charge in [-0.15, -0.1) is 11.3 Å². The molecule has 1 saturated carbocycles. The van der Waals surface area contributed by atoms with Crippen LogP contribution in [0.5, 0.6) is 0 Å². The van der Waals surface area contributed by atoms with Crippen LogP contribution in [-0.4, -0.2) is 41.1 Å². The van der Waals surface area contributed by atoms with E-state index in [-0.39, 0.29) is 17.9 Å². The fourth-order valence-corrected chi connectivity index (χ4v) is 4.53. The van der Waals surface area contributed by atoms with Crippen molar-refractivity contribution in [2.24, 2.45) is 0 Å². The molecule has 2 atom stereocenters.